The molecule has 3 rings (SSSR count). The van der Waals surface area contributed by atoms with Crippen LogP contribution in [0.4, 0.5) is 14.6 Å². The van der Waals surface area contributed by atoms with Crippen LogP contribution < -0.4 is 5.73 Å². The average molecular weight is 277 g/mol. The number of aryl methyl sites for hydroxylation is 2. The molecule has 0 atom stereocenters. The summed E-state index contributed by atoms with van der Waals surface area (Å²) >= 11 is 0. The van der Waals surface area contributed by atoms with Crippen LogP contribution in [-0.4, -0.2) is 20.0 Å². The Morgan fingerprint density at radius 2 is 1.85 bits per heavy atom. The number of aromatic amines is 1. The lowest BCUT2D eigenvalue weighted by atomic mass is 10.1. The highest BCUT2D eigenvalue weighted by atomic mass is 19.3. The quantitative estimate of drug-likeness (QED) is 0.756. The molecule has 20 heavy (non-hydrogen) atoms. The number of hydrogen-bond acceptors (Lipinski definition) is 3. The van der Waals surface area contributed by atoms with Crippen molar-refractivity contribution in [2.24, 2.45) is 0 Å². The van der Waals surface area contributed by atoms with E-state index in [9.17, 15) is 8.78 Å². The Balaban J connectivity index is 2.31. The van der Waals surface area contributed by atoms with Gasteiger partial charge in [-0.3, -0.25) is 5.10 Å². The Hall–Kier alpha value is -2.44. The van der Waals surface area contributed by atoms with Crippen molar-refractivity contribution in [3.05, 3.63) is 35.0 Å². The summed E-state index contributed by atoms with van der Waals surface area (Å²) in [5.74, 6) is 0.103. The van der Waals surface area contributed by atoms with E-state index < -0.39 is 6.43 Å². The maximum atomic E-state index is 13.1. The summed E-state index contributed by atoms with van der Waals surface area (Å²) in [7, 11) is 0. The largest absolute Gasteiger partial charge is 0.383 e. The van der Waals surface area contributed by atoms with Crippen LogP contribution in [-0.2, 0) is 0 Å². The molecule has 3 aromatic rings. The highest BCUT2D eigenvalue weighted by Crippen LogP contribution is 2.31. The minimum absolute atomic E-state index is 0.103. The number of halogens is 2. The van der Waals surface area contributed by atoms with E-state index in [1.54, 1.807) is 0 Å². The van der Waals surface area contributed by atoms with Gasteiger partial charge in [-0.1, -0.05) is 6.07 Å². The summed E-state index contributed by atoms with van der Waals surface area (Å²) in [6.07, 6.45) is -2.70. The van der Waals surface area contributed by atoms with Crippen LogP contribution in [0, 0.1) is 13.8 Å². The molecule has 2 heterocycles. The summed E-state index contributed by atoms with van der Waals surface area (Å²) in [5.41, 5.74) is 8.34. The van der Waals surface area contributed by atoms with Gasteiger partial charge in [0.25, 0.3) is 6.43 Å². The summed E-state index contributed by atoms with van der Waals surface area (Å²) in [6, 6.07) is 5.72. The molecule has 0 unspecified atom stereocenters. The predicted octanol–water partition coefficient (Wildman–Crippen LogP) is 2.89. The third-order valence-corrected chi connectivity index (χ3v) is 3.10. The average Bonchev–Trinajstić information content (AvgIpc) is 2.89. The molecule has 0 aliphatic carbocycles. The fourth-order valence-corrected chi connectivity index (χ4v) is 2.36. The Bertz CT molecular complexity index is 767. The molecule has 7 heteroatoms. The molecule has 104 valence electrons. The van der Waals surface area contributed by atoms with Crippen LogP contribution in [0.25, 0.3) is 16.7 Å². The number of fused-ring (bicyclic) bond motifs is 1. The smallest absolute Gasteiger partial charge is 0.282 e. The lowest BCUT2D eigenvalue weighted by Crippen LogP contribution is -2.00. The number of aromatic nitrogens is 4. The van der Waals surface area contributed by atoms with E-state index in [4.69, 9.17) is 5.73 Å². The molecule has 0 aliphatic heterocycles. The van der Waals surface area contributed by atoms with Crippen molar-refractivity contribution in [2.45, 2.75) is 20.3 Å². The first kappa shape index (κ1) is 12.6. The molecule has 0 bridgehead atoms. The van der Waals surface area contributed by atoms with Crippen LogP contribution in [0.1, 0.15) is 23.2 Å². The standard InChI is InChI=1S/C13H13F2N5/c1-6-3-7(2)5-8(4-6)20-13-9(12(16)17-18-13)10(19-20)11(14)15/h3-5,11H,1-2H3,(H3,16,17,18). The number of benzene rings is 1. The molecular formula is C13H13F2N5. The minimum Gasteiger partial charge on any atom is -0.383 e. The Morgan fingerprint density at radius 1 is 1.20 bits per heavy atom. The summed E-state index contributed by atoms with van der Waals surface area (Å²) in [4.78, 5) is 0. The van der Waals surface area contributed by atoms with Gasteiger partial charge in [0.05, 0.1) is 11.1 Å². The SMILES string of the molecule is Cc1cc(C)cc(-n2nc(C(F)F)c3c(N)[nH]nc32)c1. The first-order valence-electron chi connectivity index (χ1n) is 6.06. The van der Waals surface area contributed by atoms with Crippen molar-refractivity contribution in [1.29, 1.82) is 0 Å². The molecular weight excluding hydrogens is 264 g/mol. The van der Waals surface area contributed by atoms with Gasteiger partial charge >= 0.3 is 0 Å². The van der Waals surface area contributed by atoms with Crippen molar-refractivity contribution >= 4 is 16.9 Å². The molecule has 0 amide bonds. The first-order valence-corrected chi connectivity index (χ1v) is 6.06. The highest BCUT2D eigenvalue weighted by Gasteiger charge is 2.23. The van der Waals surface area contributed by atoms with E-state index in [1.807, 2.05) is 32.0 Å². The molecule has 0 aliphatic rings. The minimum atomic E-state index is -2.70. The third-order valence-electron chi connectivity index (χ3n) is 3.10. The van der Waals surface area contributed by atoms with Crippen LogP contribution in [0.3, 0.4) is 0 Å². The molecule has 1 aromatic carbocycles. The van der Waals surface area contributed by atoms with Crippen molar-refractivity contribution < 1.29 is 8.78 Å². The second kappa shape index (κ2) is 4.29. The topological polar surface area (TPSA) is 72.5 Å². The summed E-state index contributed by atoms with van der Waals surface area (Å²) in [6.45, 7) is 3.87. The number of nitrogens with two attached hydrogens (primary N) is 1. The second-order valence-electron chi connectivity index (χ2n) is 4.78. The monoisotopic (exact) mass is 277 g/mol. The van der Waals surface area contributed by atoms with Gasteiger partial charge in [-0.15, -0.1) is 0 Å². The first-order chi connectivity index (χ1) is 9.47. The Kier molecular flexibility index (Phi) is 2.70. The van der Waals surface area contributed by atoms with E-state index >= 15 is 0 Å². The van der Waals surface area contributed by atoms with Crippen molar-refractivity contribution in [3.8, 4) is 5.69 Å². The molecule has 0 radical (unpaired) electrons. The molecule has 0 saturated heterocycles. The van der Waals surface area contributed by atoms with Crippen LogP contribution in [0.15, 0.2) is 18.2 Å². The van der Waals surface area contributed by atoms with Gasteiger partial charge in [-0.2, -0.15) is 10.2 Å². The number of nitrogens with one attached hydrogen (secondary N) is 1. The molecule has 0 spiro atoms. The summed E-state index contributed by atoms with van der Waals surface area (Å²) in [5, 5.41) is 10.6. The Morgan fingerprint density at radius 3 is 2.45 bits per heavy atom. The van der Waals surface area contributed by atoms with Crippen molar-refractivity contribution in [2.75, 3.05) is 5.73 Å². The van der Waals surface area contributed by atoms with Gasteiger partial charge < -0.3 is 5.73 Å². The number of nitrogens with zero attached hydrogens (tertiary/aromatic N) is 3. The fraction of sp³-hybridized carbons (Fsp3) is 0.231. The highest BCUT2D eigenvalue weighted by molar-refractivity contribution is 5.90. The van der Waals surface area contributed by atoms with E-state index in [0.29, 0.717) is 11.3 Å². The number of nitrogen functional groups attached to an aromatic ring is 1. The van der Waals surface area contributed by atoms with Gasteiger partial charge in [0, 0.05) is 0 Å². The second-order valence-corrected chi connectivity index (χ2v) is 4.78. The molecule has 0 fully saturated rings. The zero-order chi connectivity index (χ0) is 14.4. The normalized spacial score (nSPS) is 11.7. The molecule has 2 aromatic heterocycles. The van der Waals surface area contributed by atoms with Gasteiger partial charge in [-0.25, -0.2) is 13.5 Å². The number of anilines is 1. The van der Waals surface area contributed by atoms with Crippen LogP contribution in [0.5, 0.6) is 0 Å². The van der Waals surface area contributed by atoms with E-state index in [1.165, 1.54) is 4.68 Å². The Labute approximate surface area is 113 Å². The van der Waals surface area contributed by atoms with Gasteiger partial charge in [-0.05, 0) is 37.1 Å². The predicted molar refractivity (Wildman–Crippen MR) is 72.1 cm³/mol. The summed E-state index contributed by atoms with van der Waals surface area (Å²) < 4.78 is 27.5. The van der Waals surface area contributed by atoms with E-state index in [0.717, 1.165) is 11.1 Å². The maximum absolute atomic E-state index is 13.1. The lowest BCUT2D eigenvalue weighted by Gasteiger charge is -2.05. The molecule has 0 saturated carbocycles. The zero-order valence-corrected chi connectivity index (χ0v) is 11.0. The number of H-pyrrole nitrogens is 1. The van der Waals surface area contributed by atoms with Crippen LogP contribution in [0.2, 0.25) is 0 Å². The number of alkyl halides is 2. The van der Waals surface area contributed by atoms with Gasteiger partial charge in [0.2, 0.25) is 0 Å². The number of rotatable bonds is 2. The third kappa shape index (κ3) is 1.82. The zero-order valence-electron chi connectivity index (χ0n) is 11.0. The lowest BCUT2D eigenvalue weighted by molar-refractivity contribution is 0.147. The molecule has 5 nitrogen and oxygen atoms in total. The maximum Gasteiger partial charge on any atom is 0.282 e. The van der Waals surface area contributed by atoms with Crippen LogP contribution >= 0.6 is 0 Å². The van der Waals surface area contributed by atoms with Gasteiger partial charge in [0.15, 0.2) is 5.65 Å². The van der Waals surface area contributed by atoms with Gasteiger partial charge in [0.1, 0.15) is 11.5 Å². The van der Waals surface area contributed by atoms with Crippen molar-refractivity contribution in [1.82, 2.24) is 20.0 Å². The number of hydrogen-bond donors (Lipinski definition) is 2. The van der Waals surface area contributed by atoms with E-state index in [2.05, 4.69) is 15.3 Å². The molecule has 3 N–H and O–H groups in total. The van der Waals surface area contributed by atoms with Crippen molar-refractivity contribution in [3.63, 3.8) is 0 Å². The van der Waals surface area contributed by atoms with E-state index in [-0.39, 0.29) is 16.9 Å². The fourth-order valence-electron chi connectivity index (χ4n) is 2.36.